The summed E-state index contributed by atoms with van der Waals surface area (Å²) in [7, 11) is 0. The Morgan fingerprint density at radius 1 is 1.21 bits per heavy atom. The van der Waals surface area contributed by atoms with Crippen molar-refractivity contribution in [2.24, 2.45) is 23.7 Å². The molecule has 1 N–H and O–H groups in total. The zero-order chi connectivity index (χ0) is 10.7. The summed E-state index contributed by atoms with van der Waals surface area (Å²) in [5.41, 5.74) is 0. The molecule has 0 aromatic rings. The van der Waals surface area contributed by atoms with Gasteiger partial charge in [-0.2, -0.15) is 0 Å². The van der Waals surface area contributed by atoms with Crippen LogP contribution in [0.5, 0.6) is 0 Å². The lowest BCUT2D eigenvalue weighted by molar-refractivity contribution is 0.178. The predicted molar refractivity (Wildman–Crippen MR) is 63.4 cm³/mol. The molecule has 4 unspecified atom stereocenters. The Bertz CT molecular complexity index is 165. The molecule has 0 spiro atoms. The van der Waals surface area contributed by atoms with Crippen LogP contribution in [0, 0.1) is 23.7 Å². The first-order valence-corrected chi connectivity index (χ1v) is 6.24. The van der Waals surface area contributed by atoms with Gasteiger partial charge in [0, 0.05) is 6.04 Å². The smallest absolute Gasteiger partial charge is 0.00645 e. The Labute approximate surface area is 89.7 Å². The van der Waals surface area contributed by atoms with E-state index in [1.807, 2.05) is 0 Å². The van der Waals surface area contributed by atoms with E-state index < -0.39 is 0 Å². The Morgan fingerprint density at radius 3 is 2.36 bits per heavy atom. The fraction of sp³-hybridized carbons (Fsp3) is 1.00. The van der Waals surface area contributed by atoms with E-state index in [2.05, 4.69) is 39.9 Å². The van der Waals surface area contributed by atoms with E-state index in [4.69, 9.17) is 0 Å². The molecular formula is C13H27N. The van der Waals surface area contributed by atoms with Gasteiger partial charge in [-0.05, 0) is 50.0 Å². The maximum Gasteiger partial charge on any atom is 0.00645 e. The number of piperidine rings is 1. The highest BCUT2D eigenvalue weighted by Crippen LogP contribution is 2.29. The molecule has 1 aliphatic rings. The van der Waals surface area contributed by atoms with Crippen molar-refractivity contribution in [3.63, 3.8) is 0 Å². The Kier molecular flexibility index (Phi) is 4.43. The van der Waals surface area contributed by atoms with Gasteiger partial charge in [0.2, 0.25) is 0 Å². The molecule has 0 amide bonds. The summed E-state index contributed by atoms with van der Waals surface area (Å²) in [6, 6.07) is 0.720. The van der Waals surface area contributed by atoms with E-state index >= 15 is 0 Å². The first-order valence-electron chi connectivity index (χ1n) is 6.24. The summed E-state index contributed by atoms with van der Waals surface area (Å²) in [6.45, 7) is 13.0. The van der Waals surface area contributed by atoms with Gasteiger partial charge in [-0.3, -0.25) is 0 Å². The Hall–Kier alpha value is -0.0400. The number of rotatable bonds is 3. The van der Waals surface area contributed by atoms with Crippen LogP contribution in [0.1, 0.15) is 47.5 Å². The van der Waals surface area contributed by atoms with Gasteiger partial charge in [-0.25, -0.2) is 0 Å². The minimum atomic E-state index is 0.720. The van der Waals surface area contributed by atoms with E-state index in [0.717, 1.165) is 29.7 Å². The second-order valence-corrected chi connectivity index (χ2v) is 5.78. The summed E-state index contributed by atoms with van der Waals surface area (Å²) >= 11 is 0. The molecule has 1 fully saturated rings. The van der Waals surface area contributed by atoms with Gasteiger partial charge in [0.1, 0.15) is 0 Å². The lowest BCUT2D eigenvalue weighted by Crippen LogP contribution is -2.44. The van der Waals surface area contributed by atoms with E-state index in [1.165, 1.54) is 19.4 Å². The fourth-order valence-electron chi connectivity index (χ4n) is 2.67. The van der Waals surface area contributed by atoms with Crippen LogP contribution < -0.4 is 5.32 Å². The molecule has 1 aliphatic heterocycles. The van der Waals surface area contributed by atoms with E-state index in [1.54, 1.807) is 0 Å². The van der Waals surface area contributed by atoms with Crippen LogP contribution >= 0.6 is 0 Å². The van der Waals surface area contributed by atoms with Crippen molar-refractivity contribution in [1.29, 1.82) is 0 Å². The van der Waals surface area contributed by atoms with Gasteiger partial charge in [0.25, 0.3) is 0 Å². The monoisotopic (exact) mass is 197 g/mol. The maximum atomic E-state index is 3.64. The van der Waals surface area contributed by atoms with Gasteiger partial charge in [-0.15, -0.1) is 0 Å². The zero-order valence-corrected chi connectivity index (χ0v) is 10.5. The maximum absolute atomic E-state index is 3.64. The lowest BCUT2D eigenvalue weighted by atomic mass is 9.77. The number of hydrogen-bond acceptors (Lipinski definition) is 1. The summed E-state index contributed by atoms with van der Waals surface area (Å²) in [4.78, 5) is 0. The lowest BCUT2D eigenvalue weighted by Gasteiger charge is -2.37. The summed E-state index contributed by atoms with van der Waals surface area (Å²) < 4.78 is 0. The molecule has 0 aromatic heterocycles. The molecule has 0 saturated carbocycles. The van der Waals surface area contributed by atoms with E-state index in [9.17, 15) is 0 Å². The largest absolute Gasteiger partial charge is 0.314 e. The van der Waals surface area contributed by atoms with Gasteiger partial charge in [-0.1, -0.05) is 27.7 Å². The normalized spacial score (nSPS) is 36.0. The third-order valence-electron chi connectivity index (χ3n) is 3.88. The molecule has 0 aromatic carbocycles. The molecule has 0 bridgehead atoms. The highest BCUT2D eigenvalue weighted by atomic mass is 14.9. The van der Waals surface area contributed by atoms with Crippen LogP contribution in [0.3, 0.4) is 0 Å². The van der Waals surface area contributed by atoms with Crippen molar-refractivity contribution < 1.29 is 0 Å². The van der Waals surface area contributed by atoms with Crippen molar-refractivity contribution in [2.45, 2.75) is 53.5 Å². The van der Waals surface area contributed by atoms with Gasteiger partial charge < -0.3 is 5.32 Å². The molecule has 4 atom stereocenters. The number of nitrogens with one attached hydrogen (secondary N) is 1. The minimum Gasteiger partial charge on any atom is -0.314 e. The molecule has 84 valence electrons. The first kappa shape index (κ1) is 12.0. The van der Waals surface area contributed by atoms with Crippen molar-refractivity contribution in [3.05, 3.63) is 0 Å². The van der Waals surface area contributed by atoms with E-state index in [0.29, 0.717) is 0 Å². The van der Waals surface area contributed by atoms with Crippen molar-refractivity contribution >= 4 is 0 Å². The number of hydrogen-bond donors (Lipinski definition) is 1. The standard InChI is InChI=1S/C13H27N/c1-9(2)6-11(4)13-7-10(3)12(5)14-8-13/h9-14H,6-8H2,1-5H3. The average Bonchev–Trinajstić information content (AvgIpc) is 2.08. The molecule has 1 saturated heterocycles. The van der Waals surface area contributed by atoms with Gasteiger partial charge >= 0.3 is 0 Å². The van der Waals surface area contributed by atoms with Crippen molar-refractivity contribution in [3.8, 4) is 0 Å². The molecule has 1 rings (SSSR count). The summed E-state index contributed by atoms with van der Waals surface area (Å²) in [5.74, 6) is 3.49. The average molecular weight is 197 g/mol. The molecule has 0 aliphatic carbocycles. The summed E-state index contributed by atoms with van der Waals surface area (Å²) in [5, 5.41) is 3.64. The third kappa shape index (κ3) is 3.27. The Balaban J connectivity index is 2.38. The fourth-order valence-corrected chi connectivity index (χ4v) is 2.67. The topological polar surface area (TPSA) is 12.0 Å². The van der Waals surface area contributed by atoms with Crippen LogP contribution in [0.4, 0.5) is 0 Å². The first-order chi connectivity index (χ1) is 6.50. The Morgan fingerprint density at radius 2 is 1.86 bits per heavy atom. The van der Waals surface area contributed by atoms with Crippen LogP contribution in [-0.4, -0.2) is 12.6 Å². The predicted octanol–water partition coefficient (Wildman–Crippen LogP) is 3.30. The second kappa shape index (κ2) is 5.16. The van der Waals surface area contributed by atoms with Gasteiger partial charge in [0.05, 0.1) is 0 Å². The summed E-state index contributed by atoms with van der Waals surface area (Å²) in [6.07, 6.45) is 2.80. The van der Waals surface area contributed by atoms with Crippen LogP contribution in [0.25, 0.3) is 0 Å². The quantitative estimate of drug-likeness (QED) is 0.732. The molecule has 1 heterocycles. The highest BCUT2D eigenvalue weighted by Gasteiger charge is 2.27. The van der Waals surface area contributed by atoms with Crippen molar-refractivity contribution in [2.75, 3.05) is 6.54 Å². The molecule has 0 radical (unpaired) electrons. The van der Waals surface area contributed by atoms with E-state index in [-0.39, 0.29) is 0 Å². The minimum absolute atomic E-state index is 0.720. The van der Waals surface area contributed by atoms with Gasteiger partial charge in [0.15, 0.2) is 0 Å². The molecule has 1 heteroatoms. The van der Waals surface area contributed by atoms with Crippen molar-refractivity contribution in [1.82, 2.24) is 5.32 Å². The molecule has 1 nitrogen and oxygen atoms in total. The van der Waals surface area contributed by atoms with Crippen LogP contribution in [0.2, 0.25) is 0 Å². The highest BCUT2D eigenvalue weighted by molar-refractivity contribution is 4.82. The van der Waals surface area contributed by atoms with Crippen LogP contribution in [-0.2, 0) is 0 Å². The molecule has 14 heavy (non-hydrogen) atoms. The SMILES string of the molecule is CC(C)CC(C)C1CNC(C)C(C)C1. The third-order valence-corrected chi connectivity index (χ3v) is 3.88. The second-order valence-electron chi connectivity index (χ2n) is 5.78. The zero-order valence-electron chi connectivity index (χ0n) is 10.5. The van der Waals surface area contributed by atoms with Crippen LogP contribution in [0.15, 0.2) is 0 Å². The molecular weight excluding hydrogens is 170 g/mol.